The lowest BCUT2D eigenvalue weighted by molar-refractivity contribution is 1.09. The first-order valence-corrected chi connectivity index (χ1v) is 4.97. The molecule has 0 amide bonds. The van der Waals surface area contributed by atoms with Crippen molar-refractivity contribution in [3.05, 3.63) is 28.5 Å². The number of imidazole rings is 1. The van der Waals surface area contributed by atoms with Crippen LogP contribution in [0.25, 0.3) is 11.2 Å². The Hall–Kier alpha value is -2.11. The van der Waals surface area contributed by atoms with E-state index in [0.29, 0.717) is 23.5 Å². The number of allylic oxidation sites excluding steroid dienone is 1. The molecule has 0 aliphatic heterocycles. The van der Waals surface area contributed by atoms with Crippen molar-refractivity contribution >= 4 is 17.0 Å². The summed E-state index contributed by atoms with van der Waals surface area (Å²) < 4.78 is 0. The van der Waals surface area contributed by atoms with Gasteiger partial charge in [0.05, 0.1) is 6.33 Å². The lowest BCUT2D eigenvalue weighted by atomic mass is 10.3. The zero-order valence-corrected chi connectivity index (χ0v) is 9.16. The lowest BCUT2D eigenvalue weighted by Crippen LogP contribution is -2.14. The number of nitrogens with zero attached hydrogens (tertiary/aromatic N) is 2. The quantitative estimate of drug-likeness (QED) is 0.673. The molecule has 0 saturated carbocycles. The Kier molecular flexibility index (Phi) is 2.72. The van der Waals surface area contributed by atoms with E-state index in [-0.39, 0.29) is 0 Å². The molecule has 16 heavy (non-hydrogen) atoms. The molecule has 2 aromatic heterocycles. The molecule has 0 aromatic carbocycles. The summed E-state index contributed by atoms with van der Waals surface area (Å²) in [5, 5.41) is 3.07. The molecule has 0 spiro atoms. The predicted molar refractivity (Wildman–Crippen MR) is 62.4 cm³/mol. The van der Waals surface area contributed by atoms with Crippen LogP contribution in [0.1, 0.15) is 13.8 Å². The second kappa shape index (κ2) is 4.18. The zero-order chi connectivity index (χ0) is 11.5. The number of hydrogen-bond acceptors (Lipinski definition) is 4. The van der Waals surface area contributed by atoms with Gasteiger partial charge in [0.15, 0.2) is 11.5 Å². The van der Waals surface area contributed by atoms with Crippen molar-refractivity contribution in [1.82, 2.24) is 19.9 Å². The van der Waals surface area contributed by atoms with Gasteiger partial charge in [0.25, 0.3) is 0 Å². The number of aromatic nitrogens is 4. The summed E-state index contributed by atoms with van der Waals surface area (Å²) in [6.07, 6.45) is 3.54. The van der Waals surface area contributed by atoms with Gasteiger partial charge in [0, 0.05) is 6.54 Å². The van der Waals surface area contributed by atoms with Gasteiger partial charge in [-0.15, -0.1) is 0 Å². The van der Waals surface area contributed by atoms with Gasteiger partial charge in [0.1, 0.15) is 5.52 Å². The van der Waals surface area contributed by atoms with E-state index in [9.17, 15) is 4.79 Å². The van der Waals surface area contributed by atoms with Crippen LogP contribution in [0.3, 0.4) is 0 Å². The summed E-state index contributed by atoms with van der Waals surface area (Å²) in [4.78, 5) is 24.5. The van der Waals surface area contributed by atoms with Crippen LogP contribution in [-0.4, -0.2) is 26.5 Å². The van der Waals surface area contributed by atoms with Gasteiger partial charge in [-0.3, -0.25) is 4.98 Å². The molecule has 84 valence electrons. The van der Waals surface area contributed by atoms with Gasteiger partial charge in [-0.2, -0.15) is 4.98 Å². The highest BCUT2D eigenvalue weighted by atomic mass is 16.1. The van der Waals surface area contributed by atoms with E-state index in [4.69, 9.17) is 0 Å². The van der Waals surface area contributed by atoms with Gasteiger partial charge < -0.3 is 10.3 Å². The first kappa shape index (κ1) is 10.4. The van der Waals surface area contributed by atoms with Crippen molar-refractivity contribution in [3.63, 3.8) is 0 Å². The highest BCUT2D eigenvalue weighted by molar-refractivity contribution is 5.81. The predicted octanol–water partition coefficient (Wildman–Crippen LogP) is 1.02. The maximum atomic E-state index is 11.2. The molecule has 2 heterocycles. The molecule has 0 aliphatic carbocycles. The molecule has 2 aromatic rings. The first-order valence-electron chi connectivity index (χ1n) is 4.97. The second-order valence-corrected chi connectivity index (χ2v) is 3.68. The van der Waals surface area contributed by atoms with Crippen molar-refractivity contribution in [2.24, 2.45) is 0 Å². The number of fused-ring (bicyclic) bond motifs is 1. The Morgan fingerprint density at radius 3 is 3.12 bits per heavy atom. The molecular formula is C10H13N5O. The van der Waals surface area contributed by atoms with Crippen LogP contribution in [0.5, 0.6) is 0 Å². The molecule has 0 saturated heterocycles. The molecule has 0 fully saturated rings. The van der Waals surface area contributed by atoms with Crippen molar-refractivity contribution in [1.29, 1.82) is 0 Å². The number of aromatic amines is 2. The number of anilines is 1. The fourth-order valence-electron chi connectivity index (χ4n) is 1.34. The molecule has 3 N–H and O–H groups in total. The van der Waals surface area contributed by atoms with Gasteiger partial charge in [-0.25, -0.2) is 9.78 Å². The standard InChI is InChI=1S/C10H13N5O/c1-6(2)3-4-11-8-7-9(13-5-12-7)15-10(16)14-8/h3,5H,4H2,1-2H3,(H3,11,12,13,14,15,16). The molecule has 6 heteroatoms. The Labute approximate surface area is 91.8 Å². The topological polar surface area (TPSA) is 86.5 Å². The van der Waals surface area contributed by atoms with Crippen LogP contribution in [0, 0.1) is 0 Å². The SMILES string of the molecule is CC(C)=CCNc1nc(=O)[nH]c2nc[nH]c12. The minimum absolute atomic E-state index is 0.403. The highest BCUT2D eigenvalue weighted by Gasteiger charge is 2.05. The first-order chi connectivity index (χ1) is 7.66. The maximum absolute atomic E-state index is 11.2. The Balaban J connectivity index is 2.32. The van der Waals surface area contributed by atoms with Crippen molar-refractivity contribution in [2.45, 2.75) is 13.8 Å². The number of hydrogen-bond donors (Lipinski definition) is 3. The minimum atomic E-state index is -0.403. The van der Waals surface area contributed by atoms with Gasteiger partial charge >= 0.3 is 5.69 Å². The summed E-state index contributed by atoms with van der Waals surface area (Å²) in [7, 11) is 0. The molecule has 2 rings (SSSR count). The van der Waals surface area contributed by atoms with Crippen molar-refractivity contribution < 1.29 is 0 Å². The summed E-state index contributed by atoms with van der Waals surface area (Å²) in [6, 6.07) is 0. The number of rotatable bonds is 3. The molecule has 6 nitrogen and oxygen atoms in total. The molecule has 0 radical (unpaired) electrons. The summed E-state index contributed by atoms with van der Waals surface area (Å²) in [5.41, 5.74) is 2.03. The Morgan fingerprint density at radius 2 is 2.38 bits per heavy atom. The van der Waals surface area contributed by atoms with E-state index >= 15 is 0 Å². The summed E-state index contributed by atoms with van der Waals surface area (Å²) >= 11 is 0. The van der Waals surface area contributed by atoms with Crippen LogP contribution < -0.4 is 11.0 Å². The van der Waals surface area contributed by atoms with E-state index in [1.807, 2.05) is 19.9 Å². The third kappa shape index (κ3) is 2.10. The van der Waals surface area contributed by atoms with Crippen LogP contribution in [-0.2, 0) is 0 Å². The fraction of sp³-hybridized carbons (Fsp3) is 0.300. The summed E-state index contributed by atoms with van der Waals surface area (Å²) in [5.74, 6) is 0.522. The fourth-order valence-corrected chi connectivity index (χ4v) is 1.34. The van der Waals surface area contributed by atoms with Crippen molar-refractivity contribution in [3.8, 4) is 0 Å². The highest BCUT2D eigenvalue weighted by Crippen LogP contribution is 2.12. The minimum Gasteiger partial charge on any atom is -0.365 e. The third-order valence-corrected chi connectivity index (χ3v) is 2.09. The molecule has 0 unspecified atom stereocenters. The van der Waals surface area contributed by atoms with Gasteiger partial charge in [-0.05, 0) is 13.8 Å². The largest absolute Gasteiger partial charge is 0.365 e. The molecular weight excluding hydrogens is 206 g/mol. The van der Waals surface area contributed by atoms with Crippen LogP contribution >= 0.6 is 0 Å². The normalized spacial score (nSPS) is 10.4. The van der Waals surface area contributed by atoms with E-state index in [1.54, 1.807) is 0 Å². The second-order valence-electron chi connectivity index (χ2n) is 3.68. The number of nitrogens with one attached hydrogen (secondary N) is 3. The van der Waals surface area contributed by atoms with Gasteiger partial charge in [0.2, 0.25) is 0 Å². The molecule has 0 aliphatic rings. The van der Waals surface area contributed by atoms with E-state index in [2.05, 4.69) is 25.3 Å². The van der Waals surface area contributed by atoms with Crippen LogP contribution in [0.4, 0.5) is 5.82 Å². The monoisotopic (exact) mass is 219 g/mol. The molecule has 0 atom stereocenters. The smallest absolute Gasteiger partial charge is 0.348 e. The average Bonchev–Trinajstić information content (AvgIpc) is 2.64. The Bertz CT molecular complexity index is 576. The number of H-pyrrole nitrogens is 2. The van der Waals surface area contributed by atoms with Crippen LogP contribution in [0.15, 0.2) is 22.8 Å². The van der Waals surface area contributed by atoms with E-state index in [0.717, 1.165) is 0 Å². The van der Waals surface area contributed by atoms with Gasteiger partial charge in [-0.1, -0.05) is 11.6 Å². The third-order valence-electron chi connectivity index (χ3n) is 2.09. The van der Waals surface area contributed by atoms with Crippen molar-refractivity contribution in [2.75, 3.05) is 11.9 Å². The van der Waals surface area contributed by atoms with Crippen LogP contribution in [0.2, 0.25) is 0 Å². The zero-order valence-electron chi connectivity index (χ0n) is 9.16. The van der Waals surface area contributed by atoms with E-state index < -0.39 is 5.69 Å². The molecule has 0 bridgehead atoms. The van der Waals surface area contributed by atoms with E-state index in [1.165, 1.54) is 11.9 Å². The summed E-state index contributed by atoms with van der Waals surface area (Å²) in [6.45, 7) is 4.66. The maximum Gasteiger partial charge on any atom is 0.348 e. The lowest BCUT2D eigenvalue weighted by Gasteiger charge is -2.02. The average molecular weight is 219 g/mol. The Morgan fingerprint density at radius 1 is 1.56 bits per heavy atom.